The first-order valence-electron chi connectivity index (χ1n) is 6.69. The van der Waals surface area contributed by atoms with Crippen molar-refractivity contribution in [3.8, 4) is 0 Å². The van der Waals surface area contributed by atoms with Gasteiger partial charge in [-0.25, -0.2) is 0 Å². The van der Waals surface area contributed by atoms with Crippen molar-refractivity contribution >= 4 is 5.69 Å². The van der Waals surface area contributed by atoms with Crippen LogP contribution in [0.5, 0.6) is 0 Å². The standard InChI is InChI=1S/C15H24N2O/c1-12-4-6-14(7-5-12)17(3)15(11-16)8-9-18-13(2)10-15/h4-7,13H,8-11,16H2,1-3H3. The number of ether oxygens (including phenoxy) is 1. The Morgan fingerprint density at radius 3 is 2.61 bits per heavy atom. The highest BCUT2D eigenvalue weighted by Gasteiger charge is 2.38. The molecule has 3 nitrogen and oxygen atoms in total. The van der Waals surface area contributed by atoms with E-state index >= 15 is 0 Å². The van der Waals surface area contributed by atoms with Gasteiger partial charge in [-0.2, -0.15) is 0 Å². The highest BCUT2D eigenvalue weighted by molar-refractivity contribution is 5.49. The predicted molar refractivity (Wildman–Crippen MR) is 76.0 cm³/mol. The van der Waals surface area contributed by atoms with E-state index in [1.54, 1.807) is 0 Å². The summed E-state index contributed by atoms with van der Waals surface area (Å²) in [6.07, 6.45) is 2.28. The number of likely N-dealkylation sites (N-methyl/N-ethyl adjacent to an activating group) is 1. The summed E-state index contributed by atoms with van der Waals surface area (Å²) in [5, 5.41) is 0. The van der Waals surface area contributed by atoms with Gasteiger partial charge >= 0.3 is 0 Å². The molecule has 1 aromatic rings. The Morgan fingerprint density at radius 1 is 1.39 bits per heavy atom. The SMILES string of the molecule is Cc1ccc(N(C)C2(CN)CCOC(C)C2)cc1. The number of benzene rings is 1. The van der Waals surface area contributed by atoms with Crippen molar-refractivity contribution in [3.63, 3.8) is 0 Å². The fourth-order valence-electron chi connectivity index (χ4n) is 2.82. The summed E-state index contributed by atoms with van der Waals surface area (Å²) >= 11 is 0. The normalized spacial score (nSPS) is 28.1. The zero-order valence-corrected chi connectivity index (χ0v) is 11.6. The van der Waals surface area contributed by atoms with Gasteiger partial charge in [-0.3, -0.25) is 0 Å². The first kappa shape index (κ1) is 13.4. The monoisotopic (exact) mass is 248 g/mol. The average Bonchev–Trinajstić information content (AvgIpc) is 2.38. The van der Waals surface area contributed by atoms with E-state index in [9.17, 15) is 0 Å². The molecule has 0 aliphatic carbocycles. The predicted octanol–water partition coefficient (Wildman–Crippen LogP) is 2.33. The summed E-state index contributed by atoms with van der Waals surface area (Å²) in [6.45, 7) is 5.71. The van der Waals surface area contributed by atoms with Crippen LogP contribution in [0.4, 0.5) is 5.69 Å². The van der Waals surface area contributed by atoms with E-state index < -0.39 is 0 Å². The van der Waals surface area contributed by atoms with E-state index in [1.165, 1.54) is 11.3 Å². The highest BCUT2D eigenvalue weighted by atomic mass is 16.5. The molecule has 0 saturated carbocycles. The van der Waals surface area contributed by atoms with Crippen LogP contribution in [0.3, 0.4) is 0 Å². The molecule has 1 aliphatic heterocycles. The van der Waals surface area contributed by atoms with E-state index in [0.29, 0.717) is 6.54 Å². The fourth-order valence-corrected chi connectivity index (χ4v) is 2.82. The van der Waals surface area contributed by atoms with Crippen LogP contribution in [0.15, 0.2) is 24.3 Å². The molecule has 1 saturated heterocycles. The molecule has 0 aromatic heterocycles. The van der Waals surface area contributed by atoms with Gasteiger partial charge in [0.1, 0.15) is 0 Å². The van der Waals surface area contributed by atoms with Gasteiger partial charge in [-0.15, -0.1) is 0 Å². The minimum Gasteiger partial charge on any atom is -0.378 e. The van der Waals surface area contributed by atoms with Gasteiger partial charge in [0.15, 0.2) is 0 Å². The second kappa shape index (κ2) is 5.29. The second-order valence-corrected chi connectivity index (χ2v) is 5.46. The molecule has 2 atom stereocenters. The Balaban J connectivity index is 2.23. The van der Waals surface area contributed by atoms with Crippen LogP contribution in [0.1, 0.15) is 25.3 Å². The molecule has 0 spiro atoms. The zero-order chi connectivity index (χ0) is 13.2. The van der Waals surface area contributed by atoms with Gasteiger partial charge in [-0.1, -0.05) is 17.7 Å². The Morgan fingerprint density at radius 2 is 2.06 bits per heavy atom. The Kier molecular flexibility index (Phi) is 3.93. The van der Waals surface area contributed by atoms with Crippen LogP contribution < -0.4 is 10.6 Å². The molecule has 1 fully saturated rings. The van der Waals surface area contributed by atoms with Crippen LogP contribution in [-0.2, 0) is 4.74 Å². The maximum absolute atomic E-state index is 6.07. The molecule has 2 unspecified atom stereocenters. The maximum Gasteiger partial charge on any atom is 0.0569 e. The van der Waals surface area contributed by atoms with Crippen LogP contribution in [-0.4, -0.2) is 31.8 Å². The third-order valence-corrected chi connectivity index (χ3v) is 4.15. The number of hydrogen-bond donors (Lipinski definition) is 1. The molecule has 1 aromatic carbocycles. The van der Waals surface area contributed by atoms with Crippen LogP contribution in [0.25, 0.3) is 0 Å². The minimum absolute atomic E-state index is 0.0346. The number of nitrogens with two attached hydrogens (primary N) is 1. The van der Waals surface area contributed by atoms with Gasteiger partial charge in [-0.05, 0) is 38.8 Å². The number of anilines is 1. The largest absolute Gasteiger partial charge is 0.378 e. The smallest absolute Gasteiger partial charge is 0.0569 e. The fraction of sp³-hybridized carbons (Fsp3) is 0.600. The number of hydrogen-bond acceptors (Lipinski definition) is 3. The number of rotatable bonds is 3. The summed E-state index contributed by atoms with van der Waals surface area (Å²) in [7, 11) is 2.15. The Bertz CT molecular complexity index is 390. The summed E-state index contributed by atoms with van der Waals surface area (Å²) < 4.78 is 5.66. The first-order valence-corrected chi connectivity index (χ1v) is 6.69. The molecule has 3 heteroatoms. The lowest BCUT2D eigenvalue weighted by atomic mass is 9.85. The Hall–Kier alpha value is -1.06. The van der Waals surface area contributed by atoms with Crippen molar-refractivity contribution in [2.45, 2.75) is 38.3 Å². The van der Waals surface area contributed by atoms with Gasteiger partial charge < -0.3 is 15.4 Å². The Labute approximate surface area is 110 Å². The summed E-state index contributed by atoms with van der Waals surface area (Å²) in [5.74, 6) is 0. The molecule has 2 rings (SSSR count). The van der Waals surface area contributed by atoms with Crippen LogP contribution in [0, 0.1) is 6.92 Å². The van der Waals surface area contributed by atoms with Gasteiger partial charge in [0.2, 0.25) is 0 Å². The minimum atomic E-state index is 0.0346. The van der Waals surface area contributed by atoms with Crippen LogP contribution in [0.2, 0.25) is 0 Å². The molecule has 1 aliphatic rings. The molecular weight excluding hydrogens is 224 g/mol. The molecular formula is C15H24N2O. The number of aryl methyl sites for hydroxylation is 1. The van der Waals surface area contributed by atoms with Crippen molar-refractivity contribution in [1.82, 2.24) is 0 Å². The summed E-state index contributed by atoms with van der Waals surface area (Å²) in [4.78, 5) is 2.34. The van der Waals surface area contributed by atoms with E-state index in [1.807, 2.05) is 0 Å². The lowest BCUT2D eigenvalue weighted by Crippen LogP contribution is -2.57. The quantitative estimate of drug-likeness (QED) is 0.892. The van der Waals surface area contributed by atoms with E-state index in [2.05, 4.69) is 50.1 Å². The van der Waals surface area contributed by atoms with Gasteiger partial charge in [0.25, 0.3) is 0 Å². The molecule has 1 heterocycles. The van der Waals surface area contributed by atoms with E-state index in [4.69, 9.17) is 10.5 Å². The lowest BCUT2D eigenvalue weighted by molar-refractivity contribution is -0.00638. The van der Waals surface area contributed by atoms with Gasteiger partial charge in [0.05, 0.1) is 11.6 Å². The lowest BCUT2D eigenvalue weighted by Gasteiger charge is -2.47. The summed E-state index contributed by atoms with van der Waals surface area (Å²) in [6, 6.07) is 8.65. The average molecular weight is 248 g/mol. The van der Waals surface area contributed by atoms with Crippen molar-refractivity contribution in [1.29, 1.82) is 0 Å². The molecule has 2 N–H and O–H groups in total. The van der Waals surface area contributed by atoms with E-state index in [-0.39, 0.29) is 11.6 Å². The first-order chi connectivity index (χ1) is 8.57. The van der Waals surface area contributed by atoms with E-state index in [0.717, 1.165) is 19.4 Å². The van der Waals surface area contributed by atoms with Crippen molar-refractivity contribution in [2.24, 2.45) is 5.73 Å². The molecule has 0 radical (unpaired) electrons. The third kappa shape index (κ3) is 2.52. The molecule has 18 heavy (non-hydrogen) atoms. The second-order valence-electron chi connectivity index (χ2n) is 5.46. The van der Waals surface area contributed by atoms with Crippen molar-refractivity contribution in [3.05, 3.63) is 29.8 Å². The van der Waals surface area contributed by atoms with Crippen molar-refractivity contribution in [2.75, 3.05) is 25.1 Å². The third-order valence-electron chi connectivity index (χ3n) is 4.15. The van der Waals surface area contributed by atoms with Crippen LogP contribution >= 0.6 is 0 Å². The molecule has 0 amide bonds. The zero-order valence-electron chi connectivity index (χ0n) is 11.6. The van der Waals surface area contributed by atoms with Crippen molar-refractivity contribution < 1.29 is 4.74 Å². The summed E-state index contributed by atoms with van der Waals surface area (Å²) in [5.41, 5.74) is 8.63. The molecule has 100 valence electrons. The topological polar surface area (TPSA) is 38.5 Å². The van der Waals surface area contributed by atoms with Gasteiger partial charge in [0, 0.05) is 25.9 Å². The highest BCUT2D eigenvalue weighted by Crippen LogP contribution is 2.32. The molecule has 0 bridgehead atoms. The maximum atomic E-state index is 6.07. The number of nitrogens with zero attached hydrogens (tertiary/aromatic N) is 1.